The van der Waals surface area contributed by atoms with Gasteiger partial charge in [-0.3, -0.25) is 0 Å². The first-order chi connectivity index (χ1) is 8.79. The van der Waals surface area contributed by atoms with E-state index < -0.39 is 0 Å². The number of halogens is 1. The highest BCUT2D eigenvalue weighted by molar-refractivity contribution is 5.53. The summed E-state index contributed by atoms with van der Waals surface area (Å²) in [5.74, 6) is -0.172. The molecule has 0 amide bonds. The summed E-state index contributed by atoms with van der Waals surface area (Å²) in [4.78, 5) is 0. The van der Waals surface area contributed by atoms with Gasteiger partial charge in [0.25, 0.3) is 0 Å². The Bertz CT molecular complexity index is 494. The van der Waals surface area contributed by atoms with Crippen molar-refractivity contribution in [3.63, 3.8) is 0 Å². The first-order valence-corrected chi connectivity index (χ1v) is 6.11. The van der Waals surface area contributed by atoms with Crippen LogP contribution in [0.1, 0.15) is 12.5 Å². The SMILES string of the molecule is CCNc1ccc(NCc2ccccc2F)cc1. The van der Waals surface area contributed by atoms with Crippen LogP contribution in [0, 0.1) is 5.82 Å². The zero-order chi connectivity index (χ0) is 12.8. The monoisotopic (exact) mass is 244 g/mol. The Labute approximate surface area is 107 Å². The Balaban J connectivity index is 1.96. The molecule has 2 aromatic rings. The maximum absolute atomic E-state index is 13.4. The van der Waals surface area contributed by atoms with Crippen molar-refractivity contribution in [2.24, 2.45) is 0 Å². The van der Waals surface area contributed by atoms with Gasteiger partial charge in [-0.15, -0.1) is 0 Å². The van der Waals surface area contributed by atoms with Crippen molar-refractivity contribution in [1.29, 1.82) is 0 Å². The fourth-order valence-corrected chi connectivity index (χ4v) is 1.75. The Morgan fingerprint density at radius 3 is 2.11 bits per heavy atom. The van der Waals surface area contributed by atoms with E-state index in [9.17, 15) is 4.39 Å². The summed E-state index contributed by atoms with van der Waals surface area (Å²) >= 11 is 0. The Morgan fingerprint density at radius 2 is 1.50 bits per heavy atom. The van der Waals surface area contributed by atoms with Crippen LogP contribution in [-0.2, 0) is 6.54 Å². The molecule has 2 nitrogen and oxygen atoms in total. The average Bonchev–Trinajstić information content (AvgIpc) is 2.40. The van der Waals surface area contributed by atoms with Crippen LogP contribution in [0.4, 0.5) is 15.8 Å². The molecule has 2 rings (SSSR count). The van der Waals surface area contributed by atoms with Gasteiger partial charge in [0.2, 0.25) is 0 Å². The zero-order valence-corrected chi connectivity index (χ0v) is 10.4. The molecule has 94 valence electrons. The Morgan fingerprint density at radius 1 is 0.889 bits per heavy atom. The first-order valence-electron chi connectivity index (χ1n) is 6.11. The third kappa shape index (κ3) is 3.23. The van der Waals surface area contributed by atoms with Gasteiger partial charge in [-0.1, -0.05) is 18.2 Å². The van der Waals surface area contributed by atoms with E-state index in [1.165, 1.54) is 6.07 Å². The summed E-state index contributed by atoms with van der Waals surface area (Å²) in [5.41, 5.74) is 2.75. The van der Waals surface area contributed by atoms with Crippen molar-refractivity contribution >= 4 is 11.4 Å². The van der Waals surface area contributed by atoms with Crippen LogP contribution in [0.2, 0.25) is 0 Å². The number of benzene rings is 2. The lowest BCUT2D eigenvalue weighted by Crippen LogP contribution is -2.02. The van der Waals surface area contributed by atoms with Gasteiger partial charge in [0, 0.05) is 30.0 Å². The zero-order valence-electron chi connectivity index (χ0n) is 10.4. The van der Waals surface area contributed by atoms with E-state index in [0.717, 1.165) is 17.9 Å². The van der Waals surface area contributed by atoms with Gasteiger partial charge >= 0.3 is 0 Å². The topological polar surface area (TPSA) is 24.1 Å². The molecule has 0 bridgehead atoms. The fraction of sp³-hybridized carbons (Fsp3) is 0.200. The first kappa shape index (κ1) is 12.4. The van der Waals surface area contributed by atoms with Gasteiger partial charge in [-0.05, 0) is 37.3 Å². The molecule has 0 saturated carbocycles. The molecule has 0 fully saturated rings. The van der Waals surface area contributed by atoms with Crippen molar-refractivity contribution in [3.8, 4) is 0 Å². The van der Waals surface area contributed by atoms with Crippen LogP contribution in [0.5, 0.6) is 0 Å². The van der Waals surface area contributed by atoms with Crippen molar-refractivity contribution in [2.75, 3.05) is 17.2 Å². The van der Waals surface area contributed by atoms with Crippen LogP contribution >= 0.6 is 0 Å². The maximum atomic E-state index is 13.4. The van der Waals surface area contributed by atoms with Gasteiger partial charge < -0.3 is 10.6 Å². The van der Waals surface area contributed by atoms with Gasteiger partial charge in [0.1, 0.15) is 5.82 Å². The maximum Gasteiger partial charge on any atom is 0.128 e. The molecule has 0 aliphatic rings. The summed E-state index contributed by atoms with van der Waals surface area (Å²) in [6.45, 7) is 3.46. The smallest absolute Gasteiger partial charge is 0.128 e. The third-order valence-corrected chi connectivity index (χ3v) is 2.71. The van der Waals surface area contributed by atoms with Crippen LogP contribution in [-0.4, -0.2) is 6.54 Å². The standard InChI is InChI=1S/C15H17FN2/c1-2-17-13-7-9-14(10-8-13)18-11-12-5-3-4-6-15(12)16/h3-10,17-18H,2,11H2,1H3. The molecule has 2 aromatic carbocycles. The largest absolute Gasteiger partial charge is 0.385 e. The van der Waals surface area contributed by atoms with E-state index >= 15 is 0 Å². The van der Waals surface area contributed by atoms with E-state index in [4.69, 9.17) is 0 Å². The van der Waals surface area contributed by atoms with Gasteiger partial charge in [-0.2, -0.15) is 0 Å². The normalized spacial score (nSPS) is 10.1. The van der Waals surface area contributed by atoms with E-state index in [1.807, 2.05) is 30.3 Å². The Hall–Kier alpha value is -2.03. The molecule has 0 heterocycles. The van der Waals surface area contributed by atoms with Crippen molar-refractivity contribution < 1.29 is 4.39 Å². The lowest BCUT2D eigenvalue weighted by molar-refractivity contribution is 0.613. The summed E-state index contributed by atoms with van der Waals surface area (Å²) < 4.78 is 13.4. The second-order valence-electron chi connectivity index (χ2n) is 4.05. The molecule has 3 heteroatoms. The van der Waals surface area contributed by atoms with E-state index in [2.05, 4.69) is 17.6 Å². The molecule has 0 radical (unpaired) electrons. The molecular formula is C15H17FN2. The highest BCUT2D eigenvalue weighted by Crippen LogP contribution is 2.15. The van der Waals surface area contributed by atoms with Crippen LogP contribution in [0.25, 0.3) is 0 Å². The summed E-state index contributed by atoms with van der Waals surface area (Å²) in [7, 11) is 0. The Kier molecular flexibility index (Phi) is 4.18. The summed E-state index contributed by atoms with van der Waals surface area (Å²) in [5, 5.41) is 6.43. The lowest BCUT2D eigenvalue weighted by atomic mass is 10.2. The molecule has 0 unspecified atom stereocenters. The van der Waals surface area contributed by atoms with E-state index in [-0.39, 0.29) is 5.82 Å². The van der Waals surface area contributed by atoms with Gasteiger partial charge in [0.05, 0.1) is 0 Å². The van der Waals surface area contributed by atoms with E-state index in [0.29, 0.717) is 12.1 Å². The second kappa shape index (κ2) is 6.05. The highest BCUT2D eigenvalue weighted by Gasteiger charge is 2.00. The number of hydrogen-bond acceptors (Lipinski definition) is 2. The number of nitrogens with one attached hydrogen (secondary N) is 2. The quantitative estimate of drug-likeness (QED) is 0.834. The minimum atomic E-state index is -0.172. The van der Waals surface area contributed by atoms with Crippen molar-refractivity contribution in [1.82, 2.24) is 0 Å². The van der Waals surface area contributed by atoms with Crippen molar-refractivity contribution in [3.05, 3.63) is 59.9 Å². The molecular weight excluding hydrogens is 227 g/mol. The number of rotatable bonds is 5. The molecule has 0 aliphatic carbocycles. The minimum absolute atomic E-state index is 0.172. The van der Waals surface area contributed by atoms with Gasteiger partial charge in [-0.25, -0.2) is 4.39 Å². The molecule has 0 aromatic heterocycles. The average molecular weight is 244 g/mol. The fourth-order valence-electron chi connectivity index (χ4n) is 1.75. The molecule has 0 atom stereocenters. The summed E-state index contributed by atoms with van der Waals surface area (Å²) in [6, 6.07) is 14.8. The van der Waals surface area contributed by atoms with Gasteiger partial charge in [0.15, 0.2) is 0 Å². The van der Waals surface area contributed by atoms with Crippen LogP contribution < -0.4 is 10.6 Å². The molecule has 2 N–H and O–H groups in total. The number of hydrogen-bond donors (Lipinski definition) is 2. The molecule has 0 saturated heterocycles. The molecule has 0 aliphatic heterocycles. The van der Waals surface area contributed by atoms with Crippen LogP contribution in [0.3, 0.4) is 0 Å². The number of anilines is 2. The third-order valence-electron chi connectivity index (χ3n) is 2.71. The predicted octanol–water partition coefficient (Wildman–Crippen LogP) is 3.87. The predicted molar refractivity (Wildman–Crippen MR) is 74.3 cm³/mol. The molecule has 18 heavy (non-hydrogen) atoms. The second-order valence-corrected chi connectivity index (χ2v) is 4.05. The molecule has 0 spiro atoms. The minimum Gasteiger partial charge on any atom is -0.385 e. The van der Waals surface area contributed by atoms with E-state index in [1.54, 1.807) is 12.1 Å². The van der Waals surface area contributed by atoms with Crippen molar-refractivity contribution in [2.45, 2.75) is 13.5 Å². The van der Waals surface area contributed by atoms with Crippen LogP contribution in [0.15, 0.2) is 48.5 Å². The lowest BCUT2D eigenvalue weighted by Gasteiger charge is -2.09. The highest BCUT2D eigenvalue weighted by atomic mass is 19.1. The summed E-state index contributed by atoms with van der Waals surface area (Å²) in [6.07, 6.45) is 0.